The number of benzene rings is 2. The summed E-state index contributed by atoms with van der Waals surface area (Å²) in [5.74, 6) is -2.03. The van der Waals surface area contributed by atoms with Gasteiger partial charge in [-0.15, -0.1) is 0 Å². The van der Waals surface area contributed by atoms with E-state index >= 15 is 0 Å². The molecule has 8 nitrogen and oxygen atoms in total. The molecule has 1 aromatic heterocycles. The minimum absolute atomic E-state index is 0.106. The van der Waals surface area contributed by atoms with Crippen LogP contribution in [-0.2, 0) is 14.2 Å². The Labute approximate surface area is 196 Å². The summed E-state index contributed by atoms with van der Waals surface area (Å²) in [6.45, 7) is 4.31. The van der Waals surface area contributed by atoms with E-state index in [1.54, 1.807) is 32.0 Å². The van der Waals surface area contributed by atoms with Crippen LogP contribution >= 0.6 is 0 Å². The smallest absolute Gasteiger partial charge is 0.341 e. The second-order valence-electron chi connectivity index (χ2n) is 7.14. The molecule has 0 spiro atoms. The van der Waals surface area contributed by atoms with Gasteiger partial charge in [-0.05, 0) is 62.7 Å². The second kappa shape index (κ2) is 11.7. The highest BCUT2D eigenvalue weighted by Crippen LogP contribution is 2.28. The Kier molecular flexibility index (Phi) is 8.50. The Morgan fingerprint density at radius 2 is 1.53 bits per heavy atom. The van der Waals surface area contributed by atoms with Crippen molar-refractivity contribution in [2.75, 3.05) is 31.7 Å². The first-order valence-electron chi connectivity index (χ1n) is 10.9. The lowest BCUT2D eigenvalue weighted by Gasteiger charge is -2.15. The second-order valence-corrected chi connectivity index (χ2v) is 7.14. The number of pyridine rings is 1. The topological polar surface area (TPSA) is 104 Å². The highest BCUT2D eigenvalue weighted by atomic mass is 19.1. The molecule has 34 heavy (non-hydrogen) atoms. The molecule has 0 aliphatic rings. The third-order valence-electron chi connectivity index (χ3n) is 4.81. The summed E-state index contributed by atoms with van der Waals surface area (Å²) >= 11 is 0. The molecule has 0 saturated carbocycles. The molecule has 0 radical (unpaired) electrons. The van der Waals surface area contributed by atoms with Gasteiger partial charge in [0.1, 0.15) is 11.4 Å². The molecule has 178 valence electrons. The number of fused-ring (bicyclic) bond motifs is 1. The molecular formula is C25H25FN2O6. The Morgan fingerprint density at radius 1 is 0.882 bits per heavy atom. The first-order valence-corrected chi connectivity index (χ1v) is 10.9. The Morgan fingerprint density at radius 3 is 2.24 bits per heavy atom. The van der Waals surface area contributed by atoms with Gasteiger partial charge < -0.3 is 19.5 Å². The molecule has 1 N–H and O–H groups in total. The van der Waals surface area contributed by atoms with Gasteiger partial charge in [0.25, 0.3) is 0 Å². The van der Waals surface area contributed by atoms with Gasteiger partial charge in [0.2, 0.25) is 0 Å². The third-order valence-corrected chi connectivity index (χ3v) is 4.81. The lowest BCUT2D eigenvalue weighted by molar-refractivity contribution is 0.0499. The van der Waals surface area contributed by atoms with E-state index in [1.807, 2.05) is 0 Å². The number of ether oxygens (including phenoxy) is 3. The number of nitrogens with zero attached hydrogens (tertiary/aromatic N) is 1. The van der Waals surface area contributed by atoms with Crippen molar-refractivity contribution >= 4 is 34.5 Å². The highest BCUT2D eigenvalue weighted by Gasteiger charge is 2.18. The van der Waals surface area contributed by atoms with E-state index in [9.17, 15) is 18.8 Å². The first kappa shape index (κ1) is 24.6. The summed E-state index contributed by atoms with van der Waals surface area (Å²) in [7, 11) is 0. The van der Waals surface area contributed by atoms with Crippen LogP contribution in [-0.4, -0.2) is 49.3 Å². The molecule has 0 atom stereocenters. The van der Waals surface area contributed by atoms with E-state index in [2.05, 4.69) is 10.3 Å². The zero-order chi connectivity index (χ0) is 24.5. The monoisotopic (exact) mass is 468 g/mol. The van der Waals surface area contributed by atoms with E-state index in [1.165, 1.54) is 30.5 Å². The number of halogens is 1. The fraction of sp³-hybridized carbons (Fsp3) is 0.280. The zero-order valence-corrected chi connectivity index (χ0v) is 18.9. The van der Waals surface area contributed by atoms with Crippen molar-refractivity contribution in [2.45, 2.75) is 20.3 Å². The van der Waals surface area contributed by atoms with Crippen molar-refractivity contribution in [2.24, 2.45) is 0 Å². The molecule has 0 unspecified atom stereocenters. The molecule has 9 heteroatoms. The molecule has 0 saturated heterocycles. The van der Waals surface area contributed by atoms with Crippen molar-refractivity contribution in [1.29, 1.82) is 0 Å². The standard InChI is InChI=1S/C25H25FN2O6/c1-3-32-24(30)17-8-11-21-19(14-17)22(20(15-28-21)25(31)33-4-2)27-12-5-13-34-23(29)16-6-9-18(26)10-7-16/h6-11,14-15H,3-5,12-13H2,1-2H3,(H,27,28). The van der Waals surface area contributed by atoms with Crippen LogP contribution in [0.3, 0.4) is 0 Å². The van der Waals surface area contributed by atoms with Gasteiger partial charge in [-0.3, -0.25) is 4.98 Å². The summed E-state index contributed by atoms with van der Waals surface area (Å²) < 4.78 is 28.4. The Balaban J connectivity index is 1.75. The lowest BCUT2D eigenvalue weighted by atomic mass is 10.1. The number of rotatable bonds is 10. The predicted molar refractivity (Wildman–Crippen MR) is 123 cm³/mol. The number of nitrogens with one attached hydrogen (secondary N) is 1. The van der Waals surface area contributed by atoms with E-state index < -0.39 is 23.7 Å². The maximum Gasteiger partial charge on any atom is 0.341 e. The van der Waals surface area contributed by atoms with Crippen molar-refractivity contribution in [3.63, 3.8) is 0 Å². The van der Waals surface area contributed by atoms with E-state index in [-0.39, 0.29) is 30.9 Å². The minimum Gasteiger partial charge on any atom is -0.462 e. The van der Waals surface area contributed by atoms with Crippen LogP contribution in [0, 0.1) is 5.82 Å². The Hall–Kier alpha value is -4.01. The normalized spacial score (nSPS) is 10.6. The van der Waals surface area contributed by atoms with Gasteiger partial charge in [-0.2, -0.15) is 0 Å². The summed E-state index contributed by atoms with van der Waals surface area (Å²) in [4.78, 5) is 41.1. The van der Waals surface area contributed by atoms with Crippen LogP contribution in [0.2, 0.25) is 0 Å². The highest BCUT2D eigenvalue weighted by molar-refractivity contribution is 6.06. The maximum absolute atomic E-state index is 13.0. The summed E-state index contributed by atoms with van der Waals surface area (Å²) in [6.07, 6.45) is 1.85. The van der Waals surface area contributed by atoms with Gasteiger partial charge >= 0.3 is 17.9 Å². The number of hydrogen-bond acceptors (Lipinski definition) is 8. The lowest BCUT2D eigenvalue weighted by Crippen LogP contribution is -2.14. The van der Waals surface area contributed by atoms with Crippen LogP contribution < -0.4 is 5.32 Å². The van der Waals surface area contributed by atoms with Gasteiger partial charge in [0, 0.05) is 18.1 Å². The van der Waals surface area contributed by atoms with Crippen LogP contribution in [0.15, 0.2) is 48.7 Å². The van der Waals surface area contributed by atoms with Gasteiger partial charge in [-0.1, -0.05) is 0 Å². The minimum atomic E-state index is -0.555. The predicted octanol–water partition coefficient (Wildman–Crippen LogP) is 4.39. The number of anilines is 1. The van der Waals surface area contributed by atoms with Crippen LogP contribution in [0.4, 0.5) is 10.1 Å². The molecule has 2 aromatic carbocycles. The quantitative estimate of drug-likeness (QED) is 0.266. The molecule has 1 heterocycles. The number of esters is 3. The molecule has 0 fully saturated rings. The van der Waals surface area contributed by atoms with E-state index in [0.717, 1.165) is 0 Å². The number of hydrogen-bond donors (Lipinski definition) is 1. The molecule has 3 aromatic rings. The summed E-state index contributed by atoms with van der Waals surface area (Å²) in [6, 6.07) is 9.97. The van der Waals surface area contributed by atoms with Crippen LogP contribution in [0.5, 0.6) is 0 Å². The number of aromatic nitrogens is 1. The fourth-order valence-electron chi connectivity index (χ4n) is 3.21. The van der Waals surface area contributed by atoms with Crippen molar-refractivity contribution in [3.05, 3.63) is 71.2 Å². The average Bonchev–Trinajstić information content (AvgIpc) is 2.84. The van der Waals surface area contributed by atoms with E-state index in [4.69, 9.17) is 14.2 Å². The summed E-state index contributed by atoms with van der Waals surface area (Å²) in [5, 5.41) is 3.74. The van der Waals surface area contributed by atoms with Crippen molar-refractivity contribution in [1.82, 2.24) is 4.98 Å². The van der Waals surface area contributed by atoms with Gasteiger partial charge in [-0.25, -0.2) is 18.8 Å². The summed E-state index contributed by atoms with van der Waals surface area (Å²) in [5.41, 5.74) is 1.84. The molecule has 0 aliphatic carbocycles. The Bertz CT molecular complexity index is 1170. The molecule has 0 bridgehead atoms. The van der Waals surface area contributed by atoms with E-state index in [0.29, 0.717) is 35.1 Å². The maximum atomic E-state index is 13.0. The fourth-order valence-corrected chi connectivity index (χ4v) is 3.21. The SMILES string of the molecule is CCOC(=O)c1ccc2ncc(C(=O)OCC)c(NCCCOC(=O)c3ccc(F)cc3)c2c1. The number of carbonyl (C=O) groups excluding carboxylic acids is 3. The molecule has 0 aliphatic heterocycles. The average molecular weight is 468 g/mol. The van der Waals surface area contributed by atoms with Gasteiger partial charge in [0.05, 0.1) is 42.2 Å². The van der Waals surface area contributed by atoms with Crippen LogP contribution in [0.1, 0.15) is 51.3 Å². The largest absolute Gasteiger partial charge is 0.462 e. The molecular weight excluding hydrogens is 443 g/mol. The first-order chi connectivity index (χ1) is 16.4. The number of carbonyl (C=O) groups is 3. The zero-order valence-electron chi connectivity index (χ0n) is 18.9. The third kappa shape index (κ3) is 6.06. The van der Waals surface area contributed by atoms with Crippen molar-refractivity contribution in [3.8, 4) is 0 Å². The van der Waals surface area contributed by atoms with Crippen molar-refractivity contribution < 1.29 is 33.0 Å². The van der Waals surface area contributed by atoms with Gasteiger partial charge in [0.15, 0.2) is 0 Å². The molecule has 3 rings (SSSR count). The van der Waals surface area contributed by atoms with Crippen LogP contribution in [0.25, 0.3) is 10.9 Å². The molecule has 0 amide bonds.